The van der Waals surface area contributed by atoms with Crippen LogP contribution < -0.4 is 5.32 Å². The number of rotatable bonds is 2. The lowest BCUT2D eigenvalue weighted by atomic mass is 10.3. The summed E-state index contributed by atoms with van der Waals surface area (Å²) in [5.41, 5.74) is 0.0718. The highest BCUT2D eigenvalue weighted by Crippen LogP contribution is 2.20. The van der Waals surface area contributed by atoms with Gasteiger partial charge in [0.15, 0.2) is 9.84 Å². The van der Waals surface area contributed by atoms with Crippen LogP contribution >= 0.6 is 0 Å². The van der Waals surface area contributed by atoms with Gasteiger partial charge in [0, 0.05) is 6.26 Å². The van der Waals surface area contributed by atoms with Gasteiger partial charge in [-0.25, -0.2) is 13.2 Å². The first kappa shape index (κ1) is 10.5. The van der Waals surface area contributed by atoms with Crippen molar-refractivity contribution < 1.29 is 18.3 Å². The van der Waals surface area contributed by atoms with Gasteiger partial charge in [-0.3, -0.25) is 5.32 Å². The third-order valence-electron chi connectivity index (χ3n) is 1.53. The minimum atomic E-state index is -3.40. The molecule has 76 valence electrons. The molecular formula is C8H9NO4S. The van der Waals surface area contributed by atoms with Crippen molar-refractivity contribution in [1.82, 2.24) is 0 Å². The van der Waals surface area contributed by atoms with E-state index in [1.165, 1.54) is 18.2 Å². The molecule has 0 heterocycles. The summed E-state index contributed by atoms with van der Waals surface area (Å²) in [7, 11) is -3.40. The Labute approximate surface area is 81.3 Å². The van der Waals surface area contributed by atoms with Crippen LogP contribution in [0.2, 0.25) is 0 Å². The molecule has 5 nitrogen and oxygen atoms in total. The van der Waals surface area contributed by atoms with Gasteiger partial charge >= 0.3 is 6.09 Å². The fourth-order valence-electron chi connectivity index (χ4n) is 1.01. The number of carboxylic acid groups (broad SMARTS) is 1. The zero-order valence-corrected chi connectivity index (χ0v) is 8.21. The molecule has 0 aromatic heterocycles. The van der Waals surface area contributed by atoms with Crippen molar-refractivity contribution in [2.24, 2.45) is 0 Å². The standard InChI is InChI=1S/C8H9NO4S/c1-14(12,13)7-5-3-2-4-6(7)9-8(10)11/h2-5,9H,1H3,(H,10,11). The van der Waals surface area contributed by atoms with E-state index in [4.69, 9.17) is 5.11 Å². The van der Waals surface area contributed by atoms with E-state index in [-0.39, 0.29) is 10.6 Å². The van der Waals surface area contributed by atoms with Gasteiger partial charge in [-0.05, 0) is 12.1 Å². The minimum Gasteiger partial charge on any atom is -0.465 e. The molecule has 1 rings (SSSR count). The Kier molecular flexibility index (Phi) is 2.76. The summed E-state index contributed by atoms with van der Waals surface area (Å²) in [6.07, 6.45) is -0.267. The summed E-state index contributed by atoms with van der Waals surface area (Å²) in [6.45, 7) is 0. The normalized spacial score (nSPS) is 10.9. The lowest BCUT2D eigenvalue weighted by Gasteiger charge is -2.06. The Morgan fingerprint density at radius 3 is 2.43 bits per heavy atom. The first-order chi connectivity index (χ1) is 6.41. The van der Waals surface area contributed by atoms with Crippen molar-refractivity contribution in [3.05, 3.63) is 24.3 Å². The van der Waals surface area contributed by atoms with E-state index in [1.807, 2.05) is 5.32 Å². The van der Waals surface area contributed by atoms with Gasteiger partial charge in [0.2, 0.25) is 0 Å². The Hall–Kier alpha value is -1.56. The van der Waals surface area contributed by atoms with E-state index in [1.54, 1.807) is 6.07 Å². The summed E-state index contributed by atoms with van der Waals surface area (Å²) in [4.78, 5) is 10.3. The summed E-state index contributed by atoms with van der Waals surface area (Å²) in [5, 5.41) is 10.5. The van der Waals surface area contributed by atoms with Crippen molar-refractivity contribution in [2.45, 2.75) is 4.90 Å². The maximum atomic E-state index is 11.2. The van der Waals surface area contributed by atoms with Gasteiger partial charge in [0.1, 0.15) is 0 Å². The molecule has 0 aliphatic carbocycles. The van der Waals surface area contributed by atoms with Crippen LogP contribution in [0.3, 0.4) is 0 Å². The maximum Gasteiger partial charge on any atom is 0.409 e. The number of amides is 1. The number of carbonyl (C=O) groups is 1. The van der Waals surface area contributed by atoms with E-state index in [0.29, 0.717) is 0 Å². The van der Waals surface area contributed by atoms with E-state index >= 15 is 0 Å². The quantitative estimate of drug-likeness (QED) is 0.775. The molecule has 0 saturated heterocycles. The maximum absolute atomic E-state index is 11.2. The molecule has 0 radical (unpaired) electrons. The Balaban J connectivity index is 3.23. The molecule has 0 spiro atoms. The SMILES string of the molecule is CS(=O)(=O)c1ccccc1NC(=O)O. The minimum absolute atomic E-state index is 0.0256. The first-order valence-corrected chi connectivity index (χ1v) is 5.59. The second kappa shape index (κ2) is 3.67. The third kappa shape index (κ3) is 2.46. The molecule has 0 fully saturated rings. The number of hydrogen-bond donors (Lipinski definition) is 2. The van der Waals surface area contributed by atoms with Crippen LogP contribution in [0.1, 0.15) is 0 Å². The molecule has 0 unspecified atom stereocenters. The molecule has 6 heteroatoms. The highest BCUT2D eigenvalue weighted by Gasteiger charge is 2.13. The molecule has 1 aromatic carbocycles. The van der Waals surface area contributed by atoms with Gasteiger partial charge < -0.3 is 5.11 Å². The van der Waals surface area contributed by atoms with Crippen molar-refractivity contribution in [1.29, 1.82) is 0 Å². The second-order valence-corrected chi connectivity index (χ2v) is 4.68. The van der Waals surface area contributed by atoms with Gasteiger partial charge in [0.25, 0.3) is 0 Å². The molecule has 0 aliphatic rings. The van der Waals surface area contributed by atoms with E-state index in [2.05, 4.69) is 0 Å². The molecule has 0 saturated carbocycles. The average Bonchev–Trinajstić information content (AvgIpc) is 2.01. The van der Waals surface area contributed by atoms with Gasteiger partial charge in [-0.2, -0.15) is 0 Å². The summed E-state index contributed by atoms with van der Waals surface area (Å²) >= 11 is 0. The smallest absolute Gasteiger partial charge is 0.409 e. The molecule has 0 atom stereocenters. The molecule has 1 aromatic rings. The van der Waals surface area contributed by atoms with E-state index < -0.39 is 15.9 Å². The van der Waals surface area contributed by atoms with Gasteiger partial charge in [-0.15, -0.1) is 0 Å². The second-order valence-electron chi connectivity index (χ2n) is 2.70. The number of benzene rings is 1. The van der Waals surface area contributed by atoms with E-state index in [0.717, 1.165) is 6.26 Å². The van der Waals surface area contributed by atoms with Crippen LogP contribution in [0.4, 0.5) is 10.5 Å². The molecule has 2 N–H and O–H groups in total. The lowest BCUT2D eigenvalue weighted by Crippen LogP contribution is -2.11. The predicted molar refractivity (Wildman–Crippen MR) is 51.2 cm³/mol. The third-order valence-corrected chi connectivity index (χ3v) is 2.68. The van der Waals surface area contributed by atoms with Crippen LogP contribution in [0, 0.1) is 0 Å². The first-order valence-electron chi connectivity index (χ1n) is 3.70. The number of hydrogen-bond acceptors (Lipinski definition) is 3. The van der Waals surface area contributed by atoms with Gasteiger partial charge in [-0.1, -0.05) is 12.1 Å². The Morgan fingerprint density at radius 2 is 1.93 bits per heavy atom. The van der Waals surface area contributed by atoms with Crippen LogP contribution in [0.5, 0.6) is 0 Å². The van der Waals surface area contributed by atoms with Crippen LogP contribution in [-0.4, -0.2) is 25.9 Å². The van der Waals surface area contributed by atoms with Crippen molar-refractivity contribution in [3.8, 4) is 0 Å². The predicted octanol–water partition coefficient (Wildman–Crippen LogP) is 1.18. The fraction of sp³-hybridized carbons (Fsp3) is 0.125. The average molecular weight is 215 g/mol. The molecule has 0 aliphatic heterocycles. The molecule has 0 bridgehead atoms. The fourth-order valence-corrected chi connectivity index (χ4v) is 1.85. The van der Waals surface area contributed by atoms with Crippen molar-refractivity contribution >= 4 is 21.6 Å². The van der Waals surface area contributed by atoms with Crippen LogP contribution in [-0.2, 0) is 9.84 Å². The summed E-state index contributed by atoms with van der Waals surface area (Å²) < 4.78 is 22.4. The van der Waals surface area contributed by atoms with Crippen molar-refractivity contribution in [2.75, 3.05) is 11.6 Å². The summed E-state index contributed by atoms with van der Waals surface area (Å²) in [5.74, 6) is 0. The molecular weight excluding hydrogens is 206 g/mol. The Morgan fingerprint density at radius 1 is 1.36 bits per heavy atom. The lowest BCUT2D eigenvalue weighted by molar-refractivity contribution is 0.209. The van der Waals surface area contributed by atoms with Crippen molar-refractivity contribution in [3.63, 3.8) is 0 Å². The monoisotopic (exact) mass is 215 g/mol. The largest absolute Gasteiger partial charge is 0.465 e. The highest BCUT2D eigenvalue weighted by molar-refractivity contribution is 7.90. The number of anilines is 1. The van der Waals surface area contributed by atoms with Crippen LogP contribution in [0.25, 0.3) is 0 Å². The topological polar surface area (TPSA) is 83.5 Å². The van der Waals surface area contributed by atoms with Crippen LogP contribution in [0.15, 0.2) is 29.2 Å². The zero-order chi connectivity index (χ0) is 10.8. The molecule has 1 amide bonds. The summed E-state index contributed by atoms with van der Waals surface area (Å²) in [6, 6.07) is 5.83. The Bertz CT molecular complexity index is 452. The zero-order valence-electron chi connectivity index (χ0n) is 7.39. The number of nitrogens with one attached hydrogen (secondary N) is 1. The van der Waals surface area contributed by atoms with Gasteiger partial charge in [0.05, 0.1) is 10.6 Å². The highest BCUT2D eigenvalue weighted by atomic mass is 32.2. The number of para-hydroxylation sites is 1. The number of sulfone groups is 1. The van der Waals surface area contributed by atoms with E-state index in [9.17, 15) is 13.2 Å². The molecule has 14 heavy (non-hydrogen) atoms.